The summed E-state index contributed by atoms with van der Waals surface area (Å²) in [6, 6.07) is 8.06. The molecule has 1 fully saturated rings. The average Bonchev–Trinajstić information content (AvgIpc) is 2.59. The second-order valence-corrected chi connectivity index (χ2v) is 5.09. The number of para-hydroxylation sites is 1. The number of aromatic nitrogens is 1. The molecule has 1 aromatic carbocycles. The number of fused-ring (bicyclic) bond motifs is 1. The van der Waals surface area contributed by atoms with Crippen LogP contribution in [0.1, 0.15) is 41.7 Å². The molecule has 2 nitrogen and oxygen atoms in total. The highest BCUT2D eigenvalue weighted by atomic mass is 16.1. The highest BCUT2D eigenvalue weighted by Gasteiger charge is 2.23. The van der Waals surface area contributed by atoms with Crippen molar-refractivity contribution in [3.8, 4) is 0 Å². The number of carbonyl (C=O) groups excluding carboxylic acids is 1. The van der Waals surface area contributed by atoms with E-state index in [1.807, 2.05) is 31.2 Å². The molecule has 0 amide bonds. The Morgan fingerprint density at radius 1 is 1.35 bits per heavy atom. The van der Waals surface area contributed by atoms with Gasteiger partial charge in [-0.1, -0.05) is 37.5 Å². The summed E-state index contributed by atoms with van der Waals surface area (Å²) in [7, 11) is 0. The van der Waals surface area contributed by atoms with Crippen LogP contribution >= 0.6 is 0 Å². The molecular weight excluding hydrogens is 210 g/mol. The number of Topliss-reactive ketones (excluding diaryl/α,β-unsaturated/α-hetero) is 1. The number of aryl methyl sites for hydroxylation is 1. The molecule has 1 saturated carbocycles. The van der Waals surface area contributed by atoms with Crippen molar-refractivity contribution in [2.24, 2.45) is 5.92 Å². The molecule has 1 N–H and O–H groups in total. The maximum atomic E-state index is 12.3. The van der Waals surface area contributed by atoms with Gasteiger partial charge >= 0.3 is 0 Å². The maximum Gasteiger partial charge on any atom is 0.165 e. The zero-order valence-corrected chi connectivity index (χ0v) is 10.1. The minimum absolute atomic E-state index is 0.310. The Bertz CT molecular complexity index is 563. The van der Waals surface area contributed by atoms with Gasteiger partial charge in [-0.15, -0.1) is 0 Å². The Morgan fingerprint density at radius 2 is 2.12 bits per heavy atom. The minimum atomic E-state index is 0.310. The highest BCUT2D eigenvalue weighted by molar-refractivity contribution is 6.09. The third-order valence-electron chi connectivity index (χ3n) is 3.87. The molecule has 88 valence electrons. The number of H-pyrrole nitrogens is 1. The second kappa shape index (κ2) is 4.02. The molecule has 2 heteroatoms. The molecule has 1 aliphatic rings. The maximum absolute atomic E-state index is 12.3. The molecule has 2 aromatic rings. The lowest BCUT2D eigenvalue weighted by molar-refractivity contribution is 0.0937. The van der Waals surface area contributed by atoms with Gasteiger partial charge in [0.25, 0.3) is 0 Å². The zero-order valence-electron chi connectivity index (χ0n) is 10.1. The summed E-state index contributed by atoms with van der Waals surface area (Å²) in [6.45, 7) is 1.99. The molecule has 1 heterocycles. The van der Waals surface area contributed by atoms with E-state index in [0.29, 0.717) is 11.7 Å². The lowest BCUT2D eigenvalue weighted by Gasteiger charge is -2.24. The summed E-state index contributed by atoms with van der Waals surface area (Å²) in [5.41, 5.74) is 2.99. The number of benzene rings is 1. The van der Waals surface area contributed by atoms with Gasteiger partial charge in [0.1, 0.15) is 0 Å². The number of rotatable bonds is 3. The van der Waals surface area contributed by atoms with Crippen LogP contribution in [0.5, 0.6) is 0 Å². The topological polar surface area (TPSA) is 32.9 Å². The smallest absolute Gasteiger partial charge is 0.165 e. The predicted octanol–water partition coefficient (Wildman–Crippen LogP) is 3.85. The van der Waals surface area contributed by atoms with E-state index in [2.05, 4.69) is 4.98 Å². The van der Waals surface area contributed by atoms with Crippen molar-refractivity contribution >= 4 is 16.7 Å². The number of ketones is 1. The van der Waals surface area contributed by atoms with E-state index in [4.69, 9.17) is 0 Å². The number of hydrogen-bond donors (Lipinski definition) is 1. The standard InChI is InChI=1S/C15H17NO/c1-10-15(14(17)9-11-5-4-6-11)12-7-2-3-8-13(12)16-10/h2-3,7-8,11,16H,4-6,9H2,1H3. The van der Waals surface area contributed by atoms with Crippen molar-refractivity contribution in [3.05, 3.63) is 35.5 Å². The fourth-order valence-corrected chi connectivity index (χ4v) is 2.70. The summed E-state index contributed by atoms with van der Waals surface area (Å²) < 4.78 is 0. The van der Waals surface area contributed by atoms with Crippen LogP contribution in [0.15, 0.2) is 24.3 Å². The second-order valence-electron chi connectivity index (χ2n) is 5.09. The highest BCUT2D eigenvalue weighted by Crippen LogP contribution is 2.32. The largest absolute Gasteiger partial charge is 0.358 e. The van der Waals surface area contributed by atoms with E-state index in [0.717, 1.165) is 28.6 Å². The first-order chi connectivity index (χ1) is 8.25. The first kappa shape index (κ1) is 10.6. The molecule has 17 heavy (non-hydrogen) atoms. The van der Waals surface area contributed by atoms with Crippen LogP contribution in [-0.2, 0) is 0 Å². The zero-order chi connectivity index (χ0) is 11.8. The Labute approximate surface area is 101 Å². The quantitative estimate of drug-likeness (QED) is 0.794. The summed E-state index contributed by atoms with van der Waals surface area (Å²) in [6.07, 6.45) is 4.48. The van der Waals surface area contributed by atoms with Crippen molar-refractivity contribution in [1.82, 2.24) is 4.98 Å². The van der Waals surface area contributed by atoms with E-state index in [1.54, 1.807) is 0 Å². The number of carbonyl (C=O) groups is 1. The van der Waals surface area contributed by atoms with E-state index in [-0.39, 0.29) is 0 Å². The van der Waals surface area contributed by atoms with Gasteiger partial charge in [0, 0.05) is 28.6 Å². The lowest BCUT2D eigenvalue weighted by atomic mass is 9.80. The van der Waals surface area contributed by atoms with E-state index < -0.39 is 0 Å². The van der Waals surface area contributed by atoms with Gasteiger partial charge in [0.05, 0.1) is 0 Å². The third kappa shape index (κ3) is 1.78. The summed E-state index contributed by atoms with van der Waals surface area (Å²) in [4.78, 5) is 15.6. The van der Waals surface area contributed by atoms with Crippen LogP contribution in [0.4, 0.5) is 0 Å². The molecule has 0 spiro atoms. The molecule has 0 unspecified atom stereocenters. The molecule has 0 radical (unpaired) electrons. The lowest BCUT2D eigenvalue weighted by Crippen LogP contribution is -2.16. The number of hydrogen-bond acceptors (Lipinski definition) is 1. The average molecular weight is 227 g/mol. The van der Waals surface area contributed by atoms with Crippen LogP contribution in [0.3, 0.4) is 0 Å². The minimum Gasteiger partial charge on any atom is -0.358 e. The summed E-state index contributed by atoms with van der Waals surface area (Å²) >= 11 is 0. The Kier molecular flexibility index (Phi) is 2.50. The van der Waals surface area contributed by atoms with Crippen LogP contribution in [0.25, 0.3) is 10.9 Å². The fraction of sp³-hybridized carbons (Fsp3) is 0.400. The monoisotopic (exact) mass is 227 g/mol. The van der Waals surface area contributed by atoms with Crippen LogP contribution < -0.4 is 0 Å². The molecule has 0 bridgehead atoms. The van der Waals surface area contributed by atoms with E-state index in [1.165, 1.54) is 19.3 Å². The molecule has 3 rings (SSSR count). The normalized spacial score (nSPS) is 16.1. The van der Waals surface area contributed by atoms with Crippen molar-refractivity contribution < 1.29 is 4.79 Å². The van der Waals surface area contributed by atoms with E-state index >= 15 is 0 Å². The van der Waals surface area contributed by atoms with Gasteiger partial charge in [0.15, 0.2) is 5.78 Å². The number of aromatic amines is 1. The molecule has 0 saturated heterocycles. The van der Waals surface area contributed by atoms with Crippen molar-refractivity contribution in [1.29, 1.82) is 0 Å². The Balaban J connectivity index is 1.97. The van der Waals surface area contributed by atoms with Crippen molar-refractivity contribution in [3.63, 3.8) is 0 Å². The predicted molar refractivity (Wildman–Crippen MR) is 69.3 cm³/mol. The first-order valence-corrected chi connectivity index (χ1v) is 6.36. The molecular formula is C15H17NO. The van der Waals surface area contributed by atoms with E-state index in [9.17, 15) is 4.79 Å². The SMILES string of the molecule is Cc1[nH]c2ccccc2c1C(=O)CC1CCC1. The van der Waals surface area contributed by atoms with Crippen molar-refractivity contribution in [2.45, 2.75) is 32.6 Å². The summed E-state index contributed by atoms with van der Waals surface area (Å²) in [5.74, 6) is 0.945. The van der Waals surface area contributed by atoms with Crippen LogP contribution in [-0.4, -0.2) is 10.8 Å². The van der Waals surface area contributed by atoms with Gasteiger partial charge in [0.2, 0.25) is 0 Å². The van der Waals surface area contributed by atoms with Gasteiger partial charge < -0.3 is 4.98 Å². The van der Waals surface area contributed by atoms with Gasteiger partial charge in [-0.25, -0.2) is 0 Å². The third-order valence-corrected chi connectivity index (χ3v) is 3.87. The Morgan fingerprint density at radius 3 is 2.82 bits per heavy atom. The van der Waals surface area contributed by atoms with Gasteiger partial charge in [-0.2, -0.15) is 0 Å². The first-order valence-electron chi connectivity index (χ1n) is 6.36. The molecule has 1 aliphatic carbocycles. The van der Waals surface area contributed by atoms with Gasteiger partial charge in [-0.3, -0.25) is 4.79 Å². The van der Waals surface area contributed by atoms with Crippen molar-refractivity contribution in [2.75, 3.05) is 0 Å². The van der Waals surface area contributed by atoms with Crippen LogP contribution in [0.2, 0.25) is 0 Å². The fourth-order valence-electron chi connectivity index (χ4n) is 2.70. The Hall–Kier alpha value is -1.57. The van der Waals surface area contributed by atoms with Crippen LogP contribution in [0, 0.1) is 12.8 Å². The summed E-state index contributed by atoms with van der Waals surface area (Å²) in [5, 5.41) is 1.08. The molecule has 0 atom stereocenters. The van der Waals surface area contributed by atoms with Gasteiger partial charge in [-0.05, 0) is 18.9 Å². The number of nitrogens with one attached hydrogen (secondary N) is 1. The molecule has 0 aliphatic heterocycles. The molecule has 1 aromatic heterocycles.